The molecule has 0 aliphatic carbocycles. The zero-order valence-electron chi connectivity index (χ0n) is 11.3. The molecule has 0 aliphatic rings. The van der Waals surface area contributed by atoms with E-state index in [2.05, 4.69) is 5.32 Å². The number of aliphatic hydroxyl groups excluding tert-OH is 2. The highest BCUT2D eigenvalue weighted by Crippen LogP contribution is 2.25. The fourth-order valence-electron chi connectivity index (χ4n) is 1.74. The number of carbonyl (C=O) groups excluding carboxylic acids is 1. The van der Waals surface area contributed by atoms with Gasteiger partial charge in [0.05, 0.1) is 12.5 Å². The number of amides is 1. The molecule has 0 spiro atoms. The lowest BCUT2D eigenvalue weighted by Gasteiger charge is -2.14. The van der Waals surface area contributed by atoms with E-state index >= 15 is 0 Å². The van der Waals surface area contributed by atoms with Crippen LogP contribution in [-0.4, -0.2) is 29.3 Å². The van der Waals surface area contributed by atoms with Crippen molar-refractivity contribution in [1.29, 1.82) is 0 Å². The van der Waals surface area contributed by atoms with E-state index in [1.807, 2.05) is 6.92 Å². The Bertz CT molecular complexity index is 434. The first-order valence-corrected chi connectivity index (χ1v) is 7.19. The first-order valence-electron chi connectivity index (χ1n) is 6.44. The maximum atomic E-state index is 11.7. The van der Waals surface area contributed by atoms with Gasteiger partial charge in [0.1, 0.15) is 0 Å². The topological polar surface area (TPSA) is 69.6 Å². The largest absolute Gasteiger partial charge is 0.396 e. The molecule has 0 saturated carbocycles. The number of benzene rings is 1. The molecule has 0 heterocycles. The van der Waals surface area contributed by atoms with Crippen molar-refractivity contribution >= 4 is 29.1 Å². The first-order chi connectivity index (χ1) is 9.42. The number of rotatable bonds is 7. The van der Waals surface area contributed by atoms with E-state index in [1.54, 1.807) is 18.2 Å². The van der Waals surface area contributed by atoms with Crippen LogP contribution in [0.2, 0.25) is 10.0 Å². The van der Waals surface area contributed by atoms with Crippen LogP contribution in [0.5, 0.6) is 0 Å². The summed E-state index contributed by atoms with van der Waals surface area (Å²) in [4.78, 5) is 11.7. The van der Waals surface area contributed by atoms with Crippen molar-refractivity contribution in [3.63, 3.8) is 0 Å². The van der Waals surface area contributed by atoms with Crippen LogP contribution >= 0.6 is 23.2 Å². The molecule has 2 atom stereocenters. The van der Waals surface area contributed by atoms with Crippen molar-refractivity contribution in [2.45, 2.75) is 25.9 Å². The van der Waals surface area contributed by atoms with E-state index in [9.17, 15) is 9.90 Å². The van der Waals surface area contributed by atoms with Crippen LogP contribution in [0, 0.1) is 5.92 Å². The van der Waals surface area contributed by atoms with E-state index in [0.29, 0.717) is 28.6 Å². The second-order valence-corrected chi connectivity index (χ2v) is 5.72. The lowest BCUT2D eigenvalue weighted by molar-refractivity contribution is -0.123. The first kappa shape index (κ1) is 17.2. The summed E-state index contributed by atoms with van der Waals surface area (Å²) < 4.78 is 0. The number of hydrogen-bond acceptors (Lipinski definition) is 3. The van der Waals surface area contributed by atoms with Gasteiger partial charge in [-0.1, -0.05) is 30.1 Å². The van der Waals surface area contributed by atoms with Gasteiger partial charge in [0, 0.05) is 23.2 Å². The van der Waals surface area contributed by atoms with Gasteiger partial charge in [-0.15, -0.1) is 0 Å². The molecule has 112 valence electrons. The number of nitrogens with one attached hydrogen (secondary N) is 1. The number of hydrogen-bond donors (Lipinski definition) is 3. The molecule has 0 fully saturated rings. The molecule has 20 heavy (non-hydrogen) atoms. The second kappa shape index (κ2) is 8.47. The monoisotopic (exact) mass is 319 g/mol. The molecule has 6 heteroatoms. The van der Waals surface area contributed by atoms with Gasteiger partial charge in [-0.05, 0) is 36.1 Å². The minimum Gasteiger partial charge on any atom is -0.396 e. The number of aliphatic hydroxyl groups is 2. The standard InChI is InChI=1S/C14H19Cl2NO3/c1-9(2-3-18)8-17-14(20)7-13(19)10-4-11(15)6-12(16)5-10/h4-6,9,13,18-19H,2-3,7-8H2,1H3,(H,17,20). The van der Waals surface area contributed by atoms with E-state index in [-0.39, 0.29) is 24.9 Å². The average molecular weight is 320 g/mol. The zero-order valence-corrected chi connectivity index (χ0v) is 12.8. The Hall–Kier alpha value is -0.810. The van der Waals surface area contributed by atoms with E-state index < -0.39 is 6.10 Å². The van der Waals surface area contributed by atoms with Crippen LogP contribution in [0.15, 0.2) is 18.2 Å². The molecule has 1 aromatic carbocycles. The molecule has 4 nitrogen and oxygen atoms in total. The van der Waals surface area contributed by atoms with Gasteiger partial charge in [-0.2, -0.15) is 0 Å². The molecule has 0 aliphatic heterocycles. The van der Waals surface area contributed by atoms with E-state index in [1.165, 1.54) is 0 Å². The number of carbonyl (C=O) groups is 1. The Morgan fingerprint density at radius 2 is 1.90 bits per heavy atom. The highest BCUT2D eigenvalue weighted by atomic mass is 35.5. The highest BCUT2D eigenvalue weighted by Gasteiger charge is 2.14. The minimum atomic E-state index is -0.945. The van der Waals surface area contributed by atoms with Gasteiger partial charge < -0.3 is 15.5 Å². The Morgan fingerprint density at radius 3 is 2.45 bits per heavy atom. The fraction of sp³-hybridized carbons (Fsp3) is 0.500. The van der Waals surface area contributed by atoms with Crippen LogP contribution in [0.25, 0.3) is 0 Å². The molecule has 0 radical (unpaired) electrons. The van der Waals surface area contributed by atoms with Crippen molar-refractivity contribution in [3.8, 4) is 0 Å². The summed E-state index contributed by atoms with van der Waals surface area (Å²) in [6.07, 6.45) is -0.366. The summed E-state index contributed by atoms with van der Waals surface area (Å²) in [7, 11) is 0. The molecule has 1 aromatic rings. The Labute approximate surface area is 128 Å². The summed E-state index contributed by atoms with van der Waals surface area (Å²) in [6.45, 7) is 2.51. The Balaban J connectivity index is 2.48. The Morgan fingerprint density at radius 1 is 1.30 bits per heavy atom. The normalized spacial score (nSPS) is 13.8. The van der Waals surface area contributed by atoms with Gasteiger partial charge in [0.15, 0.2) is 0 Å². The molecule has 0 bridgehead atoms. The molecule has 1 rings (SSSR count). The van der Waals surface area contributed by atoms with Gasteiger partial charge in [0.2, 0.25) is 5.91 Å². The highest BCUT2D eigenvalue weighted by molar-refractivity contribution is 6.34. The lowest BCUT2D eigenvalue weighted by atomic mass is 10.1. The van der Waals surface area contributed by atoms with Crippen LogP contribution in [0.1, 0.15) is 31.4 Å². The SMILES string of the molecule is CC(CCO)CNC(=O)CC(O)c1cc(Cl)cc(Cl)c1. The second-order valence-electron chi connectivity index (χ2n) is 4.84. The van der Waals surface area contributed by atoms with Crippen LogP contribution < -0.4 is 5.32 Å². The summed E-state index contributed by atoms with van der Waals surface area (Å²) in [5, 5.41) is 22.3. The molecule has 3 N–H and O–H groups in total. The smallest absolute Gasteiger partial charge is 0.222 e. The van der Waals surface area contributed by atoms with Gasteiger partial charge in [-0.3, -0.25) is 4.79 Å². The quantitative estimate of drug-likeness (QED) is 0.723. The maximum Gasteiger partial charge on any atom is 0.222 e. The van der Waals surface area contributed by atoms with Crippen LogP contribution in [0.3, 0.4) is 0 Å². The number of halogens is 2. The van der Waals surface area contributed by atoms with Crippen LogP contribution in [0.4, 0.5) is 0 Å². The van der Waals surface area contributed by atoms with Crippen molar-refractivity contribution in [2.75, 3.05) is 13.2 Å². The van der Waals surface area contributed by atoms with Crippen molar-refractivity contribution in [1.82, 2.24) is 5.32 Å². The molecule has 0 saturated heterocycles. The molecular weight excluding hydrogens is 301 g/mol. The fourth-order valence-corrected chi connectivity index (χ4v) is 2.29. The molecule has 0 aromatic heterocycles. The zero-order chi connectivity index (χ0) is 15.1. The predicted octanol–water partition coefficient (Wildman–Crippen LogP) is 2.55. The van der Waals surface area contributed by atoms with E-state index in [4.69, 9.17) is 28.3 Å². The third-order valence-electron chi connectivity index (χ3n) is 2.92. The van der Waals surface area contributed by atoms with Gasteiger partial charge in [-0.25, -0.2) is 0 Å². The van der Waals surface area contributed by atoms with E-state index in [0.717, 1.165) is 0 Å². The predicted molar refractivity (Wildman–Crippen MR) is 79.9 cm³/mol. The Kier molecular flexibility index (Phi) is 7.30. The summed E-state index contributed by atoms with van der Waals surface area (Å²) in [5.41, 5.74) is 0.515. The third kappa shape index (κ3) is 6.09. The molecule has 2 unspecified atom stereocenters. The van der Waals surface area contributed by atoms with Crippen molar-refractivity contribution < 1.29 is 15.0 Å². The van der Waals surface area contributed by atoms with Gasteiger partial charge in [0.25, 0.3) is 0 Å². The molecule has 1 amide bonds. The summed E-state index contributed by atoms with van der Waals surface area (Å²) in [5.74, 6) is -0.0555. The van der Waals surface area contributed by atoms with Crippen LogP contribution in [-0.2, 0) is 4.79 Å². The van der Waals surface area contributed by atoms with Crippen molar-refractivity contribution in [3.05, 3.63) is 33.8 Å². The minimum absolute atomic E-state index is 0.0531. The summed E-state index contributed by atoms with van der Waals surface area (Å²) >= 11 is 11.7. The maximum absolute atomic E-state index is 11.7. The molecular formula is C14H19Cl2NO3. The lowest BCUT2D eigenvalue weighted by Crippen LogP contribution is -2.29. The summed E-state index contributed by atoms with van der Waals surface area (Å²) in [6, 6.07) is 4.73. The van der Waals surface area contributed by atoms with Gasteiger partial charge >= 0.3 is 0 Å². The van der Waals surface area contributed by atoms with Crippen molar-refractivity contribution in [2.24, 2.45) is 5.92 Å². The third-order valence-corrected chi connectivity index (χ3v) is 3.35. The average Bonchev–Trinajstić information content (AvgIpc) is 2.35.